The van der Waals surface area contributed by atoms with Crippen molar-refractivity contribution in [3.63, 3.8) is 0 Å². The molecule has 26 heavy (non-hydrogen) atoms. The molecule has 2 aromatic heterocycles. The zero-order chi connectivity index (χ0) is 18.2. The van der Waals surface area contributed by atoms with Crippen molar-refractivity contribution in [2.75, 3.05) is 0 Å². The van der Waals surface area contributed by atoms with E-state index in [0.29, 0.717) is 24.2 Å². The van der Waals surface area contributed by atoms with Gasteiger partial charge in [0.1, 0.15) is 0 Å². The number of benzene rings is 1. The first kappa shape index (κ1) is 17.3. The van der Waals surface area contributed by atoms with Gasteiger partial charge in [0, 0.05) is 49.0 Å². The molecule has 0 saturated carbocycles. The Morgan fingerprint density at radius 3 is 2.00 bits per heavy atom. The zero-order valence-electron chi connectivity index (χ0n) is 14.1. The molecule has 1 aromatic carbocycles. The van der Waals surface area contributed by atoms with Gasteiger partial charge < -0.3 is 10.6 Å². The van der Waals surface area contributed by atoms with Gasteiger partial charge in [0.2, 0.25) is 0 Å². The number of carbonyl (C=O) groups is 2. The average Bonchev–Trinajstić information content (AvgIpc) is 2.72. The largest absolute Gasteiger partial charge is 0.348 e. The Bertz CT molecular complexity index is 812. The van der Waals surface area contributed by atoms with Crippen LogP contribution in [0.2, 0.25) is 0 Å². The van der Waals surface area contributed by atoms with Crippen LogP contribution in [0.1, 0.15) is 31.8 Å². The Morgan fingerprint density at radius 2 is 1.38 bits per heavy atom. The van der Waals surface area contributed by atoms with E-state index in [2.05, 4.69) is 20.6 Å². The molecule has 2 amide bonds. The van der Waals surface area contributed by atoms with Crippen LogP contribution in [0.25, 0.3) is 0 Å². The Morgan fingerprint density at radius 1 is 0.731 bits per heavy atom. The van der Waals surface area contributed by atoms with Gasteiger partial charge in [-0.3, -0.25) is 19.6 Å². The quantitative estimate of drug-likeness (QED) is 0.717. The van der Waals surface area contributed by atoms with Gasteiger partial charge in [0.15, 0.2) is 0 Å². The molecule has 3 aromatic rings. The first-order chi connectivity index (χ1) is 12.7. The number of nitrogens with one attached hydrogen (secondary N) is 2. The molecular weight excluding hydrogens is 328 g/mol. The lowest BCUT2D eigenvalue weighted by molar-refractivity contribution is 0.0950. The second-order valence-corrected chi connectivity index (χ2v) is 5.66. The summed E-state index contributed by atoms with van der Waals surface area (Å²) in [4.78, 5) is 32.6. The third-order valence-electron chi connectivity index (χ3n) is 3.77. The minimum Gasteiger partial charge on any atom is -0.348 e. The molecular formula is C20H18N4O2. The summed E-state index contributed by atoms with van der Waals surface area (Å²) in [5.41, 5.74) is 2.74. The van der Waals surface area contributed by atoms with E-state index in [0.717, 1.165) is 11.1 Å². The summed E-state index contributed by atoms with van der Waals surface area (Å²) < 4.78 is 0. The summed E-state index contributed by atoms with van der Waals surface area (Å²) in [5.74, 6) is -0.471. The predicted molar refractivity (Wildman–Crippen MR) is 97.3 cm³/mol. The summed E-state index contributed by atoms with van der Waals surface area (Å²) in [7, 11) is 0. The molecule has 0 aliphatic carbocycles. The van der Waals surface area contributed by atoms with Gasteiger partial charge in [-0.25, -0.2) is 0 Å². The second-order valence-electron chi connectivity index (χ2n) is 5.66. The summed E-state index contributed by atoms with van der Waals surface area (Å²) in [6.45, 7) is 0.782. The van der Waals surface area contributed by atoms with Crippen molar-refractivity contribution in [3.8, 4) is 0 Å². The number of carbonyl (C=O) groups excluding carboxylic acids is 2. The Hall–Kier alpha value is -3.54. The third-order valence-corrected chi connectivity index (χ3v) is 3.77. The normalized spacial score (nSPS) is 10.2. The van der Waals surface area contributed by atoms with E-state index in [-0.39, 0.29) is 11.8 Å². The van der Waals surface area contributed by atoms with E-state index in [1.54, 1.807) is 49.1 Å². The zero-order valence-corrected chi connectivity index (χ0v) is 14.1. The molecule has 0 fully saturated rings. The molecule has 130 valence electrons. The standard InChI is InChI=1S/C20H18N4O2/c25-19(23-13-15-6-9-21-10-7-15)17-4-1-5-18(11-17)20(26)24-14-16-3-2-8-22-12-16/h1-12H,13-14H2,(H,23,25)(H,24,26). The third kappa shape index (κ3) is 4.73. The molecule has 0 aliphatic heterocycles. The van der Waals surface area contributed by atoms with Crippen LogP contribution >= 0.6 is 0 Å². The van der Waals surface area contributed by atoms with Crippen molar-refractivity contribution >= 4 is 11.8 Å². The fourth-order valence-electron chi connectivity index (χ4n) is 2.37. The summed E-state index contributed by atoms with van der Waals surface area (Å²) >= 11 is 0. The molecule has 0 unspecified atom stereocenters. The molecule has 0 saturated heterocycles. The highest BCUT2D eigenvalue weighted by Gasteiger charge is 2.10. The van der Waals surface area contributed by atoms with Gasteiger partial charge in [0.05, 0.1) is 0 Å². The maximum atomic E-state index is 12.3. The maximum absolute atomic E-state index is 12.3. The van der Waals surface area contributed by atoms with Crippen LogP contribution in [-0.2, 0) is 13.1 Å². The molecule has 0 atom stereocenters. The van der Waals surface area contributed by atoms with Gasteiger partial charge in [-0.2, -0.15) is 0 Å². The topological polar surface area (TPSA) is 84.0 Å². The molecule has 0 aliphatic rings. The van der Waals surface area contributed by atoms with Crippen LogP contribution < -0.4 is 10.6 Å². The molecule has 2 heterocycles. The number of pyridine rings is 2. The molecule has 0 bridgehead atoms. The number of rotatable bonds is 6. The predicted octanol–water partition coefficient (Wildman–Crippen LogP) is 2.34. The lowest BCUT2D eigenvalue weighted by Gasteiger charge is -2.08. The van der Waals surface area contributed by atoms with E-state index in [9.17, 15) is 9.59 Å². The molecule has 6 heteroatoms. The van der Waals surface area contributed by atoms with Crippen LogP contribution in [0.5, 0.6) is 0 Å². The minimum atomic E-state index is -0.238. The van der Waals surface area contributed by atoms with Gasteiger partial charge in [0.25, 0.3) is 11.8 Å². The van der Waals surface area contributed by atoms with Crippen molar-refractivity contribution in [2.24, 2.45) is 0 Å². The summed E-state index contributed by atoms with van der Waals surface area (Å²) in [6, 6.07) is 14.0. The van der Waals surface area contributed by atoms with Crippen LogP contribution in [0.15, 0.2) is 73.3 Å². The van der Waals surface area contributed by atoms with Gasteiger partial charge in [-0.15, -0.1) is 0 Å². The fraction of sp³-hybridized carbons (Fsp3) is 0.100. The highest BCUT2D eigenvalue weighted by atomic mass is 16.2. The van der Waals surface area contributed by atoms with Crippen LogP contribution in [0, 0.1) is 0 Å². The number of hydrogen-bond donors (Lipinski definition) is 2. The highest BCUT2D eigenvalue weighted by Crippen LogP contribution is 2.07. The van der Waals surface area contributed by atoms with Gasteiger partial charge >= 0.3 is 0 Å². The molecule has 0 radical (unpaired) electrons. The smallest absolute Gasteiger partial charge is 0.251 e. The lowest BCUT2D eigenvalue weighted by atomic mass is 10.1. The van der Waals surface area contributed by atoms with E-state index < -0.39 is 0 Å². The van der Waals surface area contributed by atoms with Crippen molar-refractivity contribution in [1.82, 2.24) is 20.6 Å². The minimum absolute atomic E-state index is 0.233. The van der Waals surface area contributed by atoms with E-state index in [4.69, 9.17) is 0 Å². The SMILES string of the molecule is O=C(NCc1ccncc1)c1cccc(C(=O)NCc2cccnc2)c1. The van der Waals surface area contributed by atoms with Crippen molar-refractivity contribution in [3.05, 3.63) is 95.6 Å². The van der Waals surface area contributed by atoms with Crippen molar-refractivity contribution in [1.29, 1.82) is 0 Å². The summed E-state index contributed by atoms with van der Waals surface area (Å²) in [5, 5.41) is 5.65. The molecule has 3 rings (SSSR count). The van der Waals surface area contributed by atoms with E-state index in [1.807, 2.05) is 24.3 Å². The Labute approximate surface area is 151 Å². The van der Waals surface area contributed by atoms with Crippen LogP contribution in [0.3, 0.4) is 0 Å². The maximum Gasteiger partial charge on any atom is 0.251 e. The molecule has 2 N–H and O–H groups in total. The van der Waals surface area contributed by atoms with E-state index in [1.165, 1.54) is 0 Å². The summed E-state index contributed by atoms with van der Waals surface area (Å²) in [6.07, 6.45) is 6.73. The number of nitrogens with zero attached hydrogens (tertiary/aromatic N) is 2. The average molecular weight is 346 g/mol. The fourth-order valence-corrected chi connectivity index (χ4v) is 2.37. The lowest BCUT2D eigenvalue weighted by Crippen LogP contribution is -2.25. The Balaban J connectivity index is 1.60. The highest BCUT2D eigenvalue weighted by molar-refractivity contribution is 5.99. The number of aromatic nitrogens is 2. The second kappa shape index (κ2) is 8.53. The first-order valence-corrected chi connectivity index (χ1v) is 8.16. The van der Waals surface area contributed by atoms with E-state index >= 15 is 0 Å². The molecule has 6 nitrogen and oxygen atoms in total. The van der Waals surface area contributed by atoms with Gasteiger partial charge in [-0.1, -0.05) is 12.1 Å². The molecule has 0 spiro atoms. The first-order valence-electron chi connectivity index (χ1n) is 8.16. The number of hydrogen-bond acceptors (Lipinski definition) is 4. The van der Waals surface area contributed by atoms with Crippen molar-refractivity contribution in [2.45, 2.75) is 13.1 Å². The monoisotopic (exact) mass is 346 g/mol. The number of amides is 2. The van der Waals surface area contributed by atoms with Crippen LogP contribution in [0.4, 0.5) is 0 Å². The van der Waals surface area contributed by atoms with Crippen molar-refractivity contribution < 1.29 is 9.59 Å². The Kier molecular flexibility index (Phi) is 5.67. The van der Waals surface area contributed by atoms with Crippen LogP contribution in [-0.4, -0.2) is 21.8 Å². The van der Waals surface area contributed by atoms with Gasteiger partial charge in [-0.05, 0) is 47.5 Å².